The number of hydrogen-bond donors (Lipinski definition) is 2. The summed E-state index contributed by atoms with van der Waals surface area (Å²) in [5.41, 5.74) is 2.02. The van der Waals surface area contributed by atoms with Gasteiger partial charge in [0.1, 0.15) is 34.5 Å². The predicted molar refractivity (Wildman–Crippen MR) is 116 cm³/mol. The van der Waals surface area contributed by atoms with E-state index in [1.54, 1.807) is 24.3 Å². The van der Waals surface area contributed by atoms with Crippen LogP contribution in [-0.2, 0) is 0 Å². The zero-order valence-corrected chi connectivity index (χ0v) is 16.2. The summed E-state index contributed by atoms with van der Waals surface area (Å²) in [6, 6.07) is 22.6. The maximum atomic E-state index is 9.97. The zero-order valence-electron chi connectivity index (χ0n) is 16.2. The minimum absolute atomic E-state index is 0.182. The van der Waals surface area contributed by atoms with Crippen LogP contribution in [0.2, 0.25) is 0 Å². The monoisotopic (exact) mass is 394 g/mol. The summed E-state index contributed by atoms with van der Waals surface area (Å²) in [6.07, 6.45) is 0. The van der Waals surface area contributed by atoms with Gasteiger partial charge in [0.25, 0.3) is 0 Å². The minimum atomic E-state index is -0.182. The Hall–Kier alpha value is -3.92. The molecule has 2 N–H and O–H groups in total. The summed E-state index contributed by atoms with van der Waals surface area (Å²) in [6.45, 7) is 1.94. The van der Waals surface area contributed by atoms with Gasteiger partial charge >= 0.3 is 0 Å². The van der Waals surface area contributed by atoms with Crippen LogP contribution in [0, 0.1) is 6.92 Å². The number of aryl methyl sites for hydroxylation is 1. The molecule has 0 atom stereocenters. The number of hydrogen-bond acceptors (Lipinski definition) is 4. The van der Waals surface area contributed by atoms with Crippen molar-refractivity contribution in [1.29, 1.82) is 0 Å². The molecule has 0 saturated heterocycles. The van der Waals surface area contributed by atoms with Crippen LogP contribution in [0.1, 0.15) is 28.6 Å². The number of furan rings is 1. The molecule has 4 nitrogen and oxygen atoms in total. The van der Waals surface area contributed by atoms with Gasteiger partial charge < -0.3 is 19.4 Å². The molecule has 0 aliphatic carbocycles. The van der Waals surface area contributed by atoms with Crippen LogP contribution in [0.4, 0.5) is 0 Å². The van der Waals surface area contributed by atoms with Crippen LogP contribution in [-0.4, -0.2) is 10.2 Å². The summed E-state index contributed by atoms with van der Waals surface area (Å²) in [5, 5.41) is 23.8. The summed E-state index contributed by atoms with van der Waals surface area (Å²) < 4.78 is 12.5. The highest BCUT2D eigenvalue weighted by Crippen LogP contribution is 2.52. The Kier molecular flexibility index (Phi) is 3.42. The van der Waals surface area contributed by atoms with Crippen molar-refractivity contribution in [3.8, 4) is 23.0 Å². The highest BCUT2D eigenvalue weighted by atomic mass is 16.5. The normalized spacial score (nSPS) is 13.2. The summed E-state index contributed by atoms with van der Waals surface area (Å²) in [7, 11) is 0. The van der Waals surface area contributed by atoms with Gasteiger partial charge in [-0.15, -0.1) is 0 Å². The number of aromatic hydroxyl groups is 2. The third kappa shape index (κ3) is 2.40. The molecular weight excluding hydrogens is 376 g/mol. The molecule has 146 valence electrons. The first-order valence-electron chi connectivity index (χ1n) is 9.84. The Morgan fingerprint density at radius 3 is 1.73 bits per heavy atom. The summed E-state index contributed by atoms with van der Waals surface area (Å²) in [5.74, 6) is 3.50. The first-order chi connectivity index (χ1) is 14.6. The average Bonchev–Trinajstić information content (AvgIpc) is 3.17. The molecule has 5 aromatic rings. The number of ether oxygens (including phenoxy) is 1. The topological polar surface area (TPSA) is 62.8 Å². The molecule has 0 radical (unpaired) electrons. The molecule has 1 aliphatic heterocycles. The number of rotatable bonds is 1. The highest BCUT2D eigenvalue weighted by Gasteiger charge is 2.34. The van der Waals surface area contributed by atoms with Crippen LogP contribution in [0.15, 0.2) is 77.2 Å². The van der Waals surface area contributed by atoms with E-state index in [2.05, 4.69) is 0 Å². The highest BCUT2D eigenvalue weighted by molar-refractivity contribution is 5.95. The van der Waals surface area contributed by atoms with Crippen molar-refractivity contribution in [2.24, 2.45) is 0 Å². The lowest BCUT2D eigenvalue weighted by molar-refractivity contribution is 0.429. The van der Waals surface area contributed by atoms with Gasteiger partial charge in [0.05, 0.1) is 5.92 Å². The maximum absolute atomic E-state index is 9.97. The number of fused-ring (bicyclic) bond motifs is 6. The lowest BCUT2D eigenvalue weighted by atomic mass is 9.81. The van der Waals surface area contributed by atoms with Crippen molar-refractivity contribution >= 4 is 21.5 Å². The van der Waals surface area contributed by atoms with Crippen molar-refractivity contribution in [2.75, 3.05) is 0 Å². The van der Waals surface area contributed by atoms with E-state index in [-0.39, 0.29) is 17.4 Å². The van der Waals surface area contributed by atoms with E-state index in [1.807, 2.05) is 55.5 Å². The van der Waals surface area contributed by atoms with Crippen LogP contribution in [0.25, 0.3) is 21.5 Å². The van der Waals surface area contributed by atoms with Gasteiger partial charge in [-0.1, -0.05) is 24.3 Å². The molecule has 4 aromatic carbocycles. The molecule has 30 heavy (non-hydrogen) atoms. The van der Waals surface area contributed by atoms with Gasteiger partial charge in [0.15, 0.2) is 0 Å². The summed E-state index contributed by atoms with van der Waals surface area (Å²) in [4.78, 5) is 0. The second kappa shape index (κ2) is 6.04. The standard InChI is InChI=1S/C26H18O4/c1-14-2-9-23(29-14)26-24-19-7-5-17(27)12-15(19)3-10-21(24)30-22-11-4-16-13-18(28)6-8-20(16)25(22)26/h2-13,26-28H,1H3. The fraction of sp³-hybridized carbons (Fsp3) is 0.0769. The quantitative estimate of drug-likeness (QED) is 0.330. The van der Waals surface area contributed by atoms with Gasteiger partial charge in [-0.05, 0) is 77.0 Å². The van der Waals surface area contributed by atoms with Crippen molar-refractivity contribution in [1.82, 2.24) is 0 Å². The van der Waals surface area contributed by atoms with E-state index >= 15 is 0 Å². The van der Waals surface area contributed by atoms with Gasteiger partial charge in [-0.3, -0.25) is 0 Å². The Morgan fingerprint density at radius 2 is 1.23 bits per heavy atom. The molecular formula is C26H18O4. The van der Waals surface area contributed by atoms with Gasteiger partial charge in [-0.25, -0.2) is 0 Å². The van der Waals surface area contributed by atoms with Crippen molar-refractivity contribution < 1.29 is 19.4 Å². The van der Waals surface area contributed by atoms with Crippen molar-refractivity contribution in [3.63, 3.8) is 0 Å². The summed E-state index contributed by atoms with van der Waals surface area (Å²) >= 11 is 0. The molecule has 1 aromatic heterocycles. The van der Waals surface area contributed by atoms with Gasteiger partial charge in [-0.2, -0.15) is 0 Å². The molecule has 1 aliphatic rings. The SMILES string of the molecule is Cc1ccc(C2c3c(ccc4cc(O)ccc34)Oc3ccc4cc(O)ccc4c32)o1. The maximum Gasteiger partial charge on any atom is 0.132 e. The van der Waals surface area contributed by atoms with Crippen LogP contribution in [0.3, 0.4) is 0 Å². The lowest BCUT2D eigenvalue weighted by Gasteiger charge is -2.29. The van der Waals surface area contributed by atoms with Crippen molar-refractivity contribution in [2.45, 2.75) is 12.8 Å². The Morgan fingerprint density at radius 1 is 0.667 bits per heavy atom. The van der Waals surface area contributed by atoms with E-state index < -0.39 is 0 Å². The molecule has 0 bridgehead atoms. The fourth-order valence-corrected chi connectivity index (χ4v) is 4.57. The van der Waals surface area contributed by atoms with Crippen molar-refractivity contribution in [3.05, 3.63) is 95.4 Å². The zero-order chi connectivity index (χ0) is 20.4. The number of phenols is 2. The predicted octanol–water partition coefficient (Wildman–Crippen LogP) is 6.59. The third-order valence-electron chi connectivity index (χ3n) is 5.85. The van der Waals surface area contributed by atoms with E-state index in [9.17, 15) is 10.2 Å². The Labute approximate surface area is 172 Å². The Bertz CT molecular complexity index is 1370. The fourth-order valence-electron chi connectivity index (χ4n) is 4.57. The lowest BCUT2D eigenvalue weighted by Crippen LogP contribution is -2.12. The second-order valence-corrected chi connectivity index (χ2v) is 7.75. The second-order valence-electron chi connectivity index (χ2n) is 7.75. The smallest absolute Gasteiger partial charge is 0.132 e. The number of benzene rings is 4. The largest absolute Gasteiger partial charge is 0.508 e. The first kappa shape index (κ1) is 17.0. The third-order valence-corrected chi connectivity index (χ3v) is 5.85. The molecule has 0 saturated carbocycles. The molecule has 0 fully saturated rings. The molecule has 2 heterocycles. The molecule has 6 rings (SSSR count). The molecule has 0 unspecified atom stereocenters. The van der Waals surface area contributed by atoms with Crippen LogP contribution in [0.5, 0.6) is 23.0 Å². The molecule has 0 spiro atoms. The minimum Gasteiger partial charge on any atom is -0.508 e. The first-order valence-corrected chi connectivity index (χ1v) is 9.84. The Balaban J connectivity index is 1.74. The molecule has 4 heteroatoms. The van der Waals surface area contributed by atoms with E-state index in [1.165, 1.54) is 0 Å². The van der Waals surface area contributed by atoms with E-state index in [0.29, 0.717) is 0 Å². The van der Waals surface area contributed by atoms with E-state index in [4.69, 9.17) is 9.15 Å². The van der Waals surface area contributed by atoms with Crippen LogP contribution >= 0.6 is 0 Å². The number of phenolic OH excluding ortho intramolecular Hbond substituents is 2. The van der Waals surface area contributed by atoms with E-state index in [0.717, 1.165) is 55.7 Å². The molecule has 0 amide bonds. The average molecular weight is 394 g/mol. The van der Waals surface area contributed by atoms with Gasteiger partial charge in [0.2, 0.25) is 0 Å². The van der Waals surface area contributed by atoms with Crippen LogP contribution < -0.4 is 4.74 Å². The van der Waals surface area contributed by atoms with Gasteiger partial charge in [0, 0.05) is 11.1 Å².